The van der Waals surface area contributed by atoms with E-state index in [0.29, 0.717) is 44.9 Å². The summed E-state index contributed by atoms with van der Waals surface area (Å²) in [6, 6.07) is 2.66. The van der Waals surface area contributed by atoms with Crippen LogP contribution in [0.1, 0.15) is 99.5 Å². The van der Waals surface area contributed by atoms with Gasteiger partial charge in [-0.05, 0) is 97.1 Å². The molecule has 19 heteroatoms. The fraction of sp³-hybridized carbons (Fsp3) is 0.650. The lowest BCUT2D eigenvalue weighted by molar-refractivity contribution is -0.222. The van der Waals surface area contributed by atoms with Gasteiger partial charge in [0.25, 0.3) is 11.5 Å². The van der Waals surface area contributed by atoms with Gasteiger partial charge in [0.1, 0.15) is 29.3 Å². The standard InChI is InChI=1S/C40H53F3N6O9S/c1-22(2)49-33(51)28-15-11-10-14-27(28)32(45-49)58-26-19-29-31(50)44-39(35(53)46-59(56,57)38(7)16-17-38)20-25(39)13-9-8-12-23(3)18-24(4)30(34(52)47(29)21-26)48(36(54)55)37(5,6)40(41,42)43/h9-11,13-15,22-26,29-30H,8,12,16-21H2,1-7H3,(H,44,50)(H,46,53)(H,54,55)/b13-9-/t23-,24-,25-,26-,29+,30+,39-/m1/s1. The number of benzene rings is 1. The molecular weight excluding hydrogens is 798 g/mol. The van der Waals surface area contributed by atoms with Gasteiger partial charge in [-0.1, -0.05) is 38.1 Å². The highest BCUT2D eigenvalue weighted by molar-refractivity contribution is 7.91. The number of carboxylic acid groups (broad SMARTS) is 1. The second-order valence-electron chi connectivity index (χ2n) is 17.8. The molecule has 0 radical (unpaired) electrons. The number of carbonyl (C=O) groups is 4. The number of carbonyl (C=O) groups excluding carboxylic acids is 3. The molecule has 2 saturated carbocycles. The molecule has 0 unspecified atom stereocenters. The van der Waals surface area contributed by atoms with Crippen molar-refractivity contribution in [3.8, 4) is 5.88 Å². The third kappa shape index (κ3) is 8.14. The van der Waals surface area contributed by atoms with E-state index < -0.39 is 104 Å². The van der Waals surface area contributed by atoms with Crippen molar-refractivity contribution in [1.29, 1.82) is 0 Å². The average molecular weight is 851 g/mol. The van der Waals surface area contributed by atoms with Gasteiger partial charge in [0.2, 0.25) is 27.7 Å². The fourth-order valence-electron chi connectivity index (χ4n) is 8.36. The van der Waals surface area contributed by atoms with E-state index in [4.69, 9.17) is 4.74 Å². The van der Waals surface area contributed by atoms with Crippen LogP contribution in [0.5, 0.6) is 5.88 Å². The monoisotopic (exact) mass is 850 g/mol. The minimum absolute atomic E-state index is 0.0133. The maximum Gasteiger partial charge on any atom is 0.411 e. The van der Waals surface area contributed by atoms with E-state index in [9.17, 15) is 45.9 Å². The van der Waals surface area contributed by atoms with E-state index in [0.717, 1.165) is 4.90 Å². The van der Waals surface area contributed by atoms with Crippen LogP contribution in [-0.4, -0.2) is 104 Å². The van der Waals surface area contributed by atoms with E-state index in [2.05, 4.69) is 15.1 Å². The molecule has 3 fully saturated rings. The minimum atomic E-state index is -5.11. The first kappa shape index (κ1) is 43.9. The van der Waals surface area contributed by atoms with Gasteiger partial charge >= 0.3 is 12.3 Å². The van der Waals surface area contributed by atoms with Gasteiger partial charge < -0.3 is 20.1 Å². The Labute approximate surface area is 340 Å². The number of allylic oxidation sites excluding steroid dienone is 1. The summed E-state index contributed by atoms with van der Waals surface area (Å²) in [5, 5.41) is 18.2. The van der Waals surface area contributed by atoms with Crippen molar-refractivity contribution >= 4 is 44.6 Å². The molecule has 15 nitrogen and oxygen atoms in total. The number of sulfonamides is 1. The van der Waals surface area contributed by atoms with Crippen LogP contribution in [0.25, 0.3) is 10.8 Å². The number of aromatic nitrogens is 2. The maximum atomic E-state index is 15.0. The van der Waals surface area contributed by atoms with Crippen LogP contribution in [0, 0.1) is 17.8 Å². The number of hydrogen-bond donors (Lipinski definition) is 3. The van der Waals surface area contributed by atoms with Crippen LogP contribution < -0.4 is 20.3 Å². The first-order chi connectivity index (χ1) is 27.3. The summed E-state index contributed by atoms with van der Waals surface area (Å²) in [4.78, 5) is 71.0. The predicted molar refractivity (Wildman–Crippen MR) is 210 cm³/mol. The molecule has 59 heavy (non-hydrogen) atoms. The summed E-state index contributed by atoms with van der Waals surface area (Å²) in [5.74, 6) is -4.78. The average Bonchev–Trinajstić information content (AvgIpc) is 4.02. The van der Waals surface area contributed by atoms with Crippen LogP contribution >= 0.6 is 0 Å². The SMILES string of the molecule is CC(C)n1nc(O[C@@H]2C[C@H]3C(=O)N[C@]4(C(=O)NS(=O)(=O)C5(C)CC5)C[C@H]4/C=C\CC[C@@H](C)C[C@@H](C)[C@H](N(C(=O)O)C(C)(C)C(F)(F)F)C(=O)N3C2)c2ccccc2c1=O. The molecule has 6 rings (SSSR count). The summed E-state index contributed by atoms with van der Waals surface area (Å²) in [6.07, 6.45) is -3.14. The molecule has 1 aromatic heterocycles. The van der Waals surface area contributed by atoms with Gasteiger partial charge in [0, 0.05) is 12.3 Å². The fourth-order valence-corrected chi connectivity index (χ4v) is 9.67. The lowest BCUT2D eigenvalue weighted by Gasteiger charge is -2.45. The lowest BCUT2D eigenvalue weighted by atomic mass is 9.85. The lowest BCUT2D eigenvalue weighted by Crippen LogP contribution is -2.66. The zero-order valence-electron chi connectivity index (χ0n) is 34.2. The van der Waals surface area contributed by atoms with Crippen molar-refractivity contribution in [2.24, 2.45) is 17.8 Å². The number of nitrogens with zero attached hydrogens (tertiary/aromatic N) is 4. The first-order valence-electron chi connectivity index (χ1n) is 20.0. The molecule has 7 atom stereocenters. The van der Waals surface area contributed by atoms with Crippen molar-refractivity contribution in [3.05, 3.63) is 46.8 Å². The third-order valence-electron chi connectivity index (χ3n) is 12.5. The van der Waals surface area contributed by atoms with Gasteiger partial charge in [-0.25, -0.2) is 17.9 Å². The molecule has 2 aromatic rings. The Balaban J connectivity index is 1.45. The summed E-state index contributed by atoms with van der Waals surface area (Å²) in [7, 11) is -4.14. The Morgan fingerprint density at radius 1 is 1.08 bits per heavy atom. The van der Waals surface area contributed by atoms with Crippen molar-refractivity contribution in [2.45, 2.75) is 140 Å². The van der Waals surface area contributed by atoms with Gasteiger partial charge in [0.15, 0.2) is 0 Å². The van der Waals surface area contributed by atoms with Crippen LogP contribution in [-0.2, 0) is 24.4 Å². The Morgan fingerprint density at radius 2 is 1.73 bits per heavy atom. The topological polar surface area (TPSA) is 197 Å². The second-order valence-corrected chi connectivity index (χ2v) is 20.0. The first-order valence-corrected chi connectivity index (χ1v) is 21.5. The van der Waals surface area contributed by atoms with Gasteiger partial charge in [0.05, 0.1) is 28.1 Å². The van der Waals surface area contributed by atoms with Crippen LogP contribution in [0.3, 0.4) is 0 Å². The van der Waals surface area contributed by atoms with E-state index in [-0.39, 0.29) is 41.3 Å². The highest BCUT2D eigenvalue weighted by atomic mass is 32.2. The summed E-state index contributed by atoms with van der Waals surface area (Å²) in [5.41, 5.74) is -5.19. The number of rotatable bonds is 8. The highest BCUT2D eigenvalue weighted by Gasteiger charge is 2.64. The molecule has 3 heterocycles. The largest absolute Gasteiger partial charge is 0.471 e. The van der Waals surface area contributed by atoms with Crippen LogP contribution in [0.4, 0.5) is 18.0 Å². The zero-order chi connectivity index (χ0) is 43.6. The maximum absolute atomic E-state index is 15.0. The molecule has 3 N–H and O–H groups in total. The van der Waals surface area contributed by atoms with Crippen LogP contribution in [0.2, 0.25) is 0 Å². The second kappa shape index (κ2) is 15.4. The predicted octanol–water partition coefficient (Wildman–Crippen LogP) is 4.90. The highest BCUT2D eigenvalue weighted by Crippen LogP contribution is 2.48. The Morgan fingerprint density at radius 3 is 2.32 bits per heavy atom. The van der Waals surface area contributed by atoms with Crippen LogP contribution in [0.15, 0.2) is 41.2 Å². The van der Waals surface area contributed by atoms with Crippen molar-refractivity contribution < 1.29 is 50.6 Å². The Kier molecular flexibility index (Phi) is 11.5. The molecule has 2 aliphatic carbocycles. The molecule has 1 saturated heterocycles. The van der Waals surface area contributed by atoms with Crippen molar-refractivity contribution in [1.82, 2.24) is 29.6 Å². The molecule has 324 valence electrons. The molecule has 0 spiro atoms. The normalized spacial score (nSPS) is 29.4. The van der Waals surface area contributed by atoms with E-state index >= 15 is 4.79 Å². The molecule has 0 bridgehead atoms. The number of alkyl halides is 3. The Hall–Kier alpha value is -4.68. The summed E-state index contributed by atoms with van der Waals surface area (Å²) in [6.45, 7) is 9.27. The van der Waals surface area contributed by atoms with E-state index in [1.165, 1.54) is 18.5 Å². The molecule has 1 aromatic carbocycles. The van der Waals surface area contributed by atoms with E-state index in [1.54, 1.807) is 50.3 Å². The van der Waals surface area contributed by atoms with Gasteiger partial charge in [-0.15, -0.1) is 5.10 Å². The van der Waals surface area contributed by atoms with Gasteiger partial charge in [-0.3, -0.25) is 28.8 Å². The zero-order valence-corrected chi connectivity index (χ0v) is 35.0. The minimum Gasteiger partial charge on any atom is -0.471 e. The third-order valence-corrected chi connectivity index (χ3v) is 14.7. The summed E-state index contributed by atoms with van der Waals surface area (Å²) < 4.78 is 79.2. The summed E-state index contributed by atoms with van der Waals surface area (Å²) >= 11 is 0. The quantitative estimate of drug-likeness (QED) is 0.307. The molecule has 4 amide bonds. The molecule has 2 aliphatic heterocycles. The number of hydrogen-bond acceptors (Lipinski definition) is 9. The Bertz CT molecular complexity index is 2220. The smallest absolute Gasteiger partial charge is 0.411 e. The van der Waals surface area contributed by atoms with E-state index in [1.807, 2.05) is 6.92 Å². The number of nitrogens with one attached hydrogen (secondary N) is 2. The number of fused-ring (bicyclic) bond motifs is 3. The van der Waals surface area contributed by atoms with Crippen molar-refractivity contribution in [2.75, 3.05) is 6.54 Å². The molecular formula is C40H53F3N6O9S. The number of amides is 4. The number of halogens is 3. The number of ether oxygens (including phenoxy) is 1. The van der Waals surface area contributed by atoms with Gasteiger partial charge in [-0.2, -0.15) is 13.2 Å². The molecule has 4 aliphatic rings. The van der Waals surface area contributed by atoms with Crippen molar-refractivity contribution in [3.63, 3.8) is 0 Å².